The van der Waals surface area contributed by atoms with Gasteiger partial charge in [0.2, 0.25) is 0 Å². The molecule has 1 heterocycles. The molecule has 5 nitrogen and oxygen atoms in total. The molecule has 0 saturated heterocycles. The lowest BCUT2D eigenvalue weighted by atomic mass is 10.1. The van der Waals surface area contributed by atoms with Crippen LogP contribution < -0.4 is 5.32 Å². The Balaban J connectivity index is 2.29. The Labute approximate surface area is 131 Å². The second-order valence-corrected chi connectivity index (χ2v) is 5.74. The summed E-state index contributed by atoms with van der Waals surface area (Å²) in [6, 6.07) is 11.5. The summed E-state index contributed by atoms with van der Waals surface area (Å²) in [6.45, 7) is 6.07. The summed E-state index contributed by atoms with van der Waals surface area (Å²) in [4.78, 5) is 12.3. The molecule has 0 saturated carbocycles. The highest BCUT2D eigenvalue weighted by Crippen LogP contribution is 2.20. The predicted molar refractivity (Wildman–Crippen MR) is 86.3 cm³/mol. The Bertz CT molecular complexity index is 620. The predicted octanol–water partition coefficient (Wildman–Crippen LogP) is 2.50. The molecule has 0 fully saturated rings. The van der Waals surface area contributed by atoms with Gasteiger partial charge in [-0.3, -0.25) is 4.79 Å². The SMILES string of the molecule is CC(CCO)NC(=O)c1cc(C(C)C)n(-c2ccccc2)n1. The van der Waals surface area contributed by atoms with Crippen LogP contribution in [0.1, 0.15) is 49.3 Å². The van der Waals surface area contributed by atoms with Crippen molar-refractivity contribution in [1.82, 2.24) is 15.1 Å². The maximum Gasteiger partial charge on any atom is 0.272 e. The van der Waals surface area contributed by atoms with E-state index >= 15 is 0 Å². The van der Waals surface area contributed by atoms with E-state index in [1.165, 1.54) is 0 Å². The van der Waals surface area contributed by atoms with Gasteiger partial charge in [0.1, 0.15) is 0 Å². The lowest BCUT2D eigenvalue weighted by molar-refractivity contribution is 0.0929. The second-order valence-electron chi connectivity index (χ2n) is 5.74. The molecule has 1 atom stereocenters. The Morgan fingerprint density at radius 3 is 2.55 bits per heavy atom. The smallest absolute Gasteiger partial charge is 0.272 e. The first-order valence-corrected chi connectivity index (χ1v) is 7.60. The summed E-state index contributed by atoms with van der Waals surface area (Å²) in [7, 11) is 0. The van der Waals surface area contributed by atoms with E-state index < -0.39 is 0 Å². The van der Waals surface area contributed by atoms with E-state index in [9.17, 15) is 4.79 Å². The van der Waals surface area contributed by atoms with Crippen LogP contribution in [0.4, 0.5) is 0 Å². The Morgan fingerprint density at radius 1 is 1.27 bits per heavy atom. The number of benzene rings is 1. The van der Waals surface area contributed by atoms with Gasteiger partial charge in [0.05, 0.1) is 5.69 Å². The summed E-state index contributed by atoms with van der Waals surface area (Å²) in [5.74, 6) is 0.0432. The van der Waals surface area contributed by atoms with Crippen LogP contribution in [0.3, 0.4) is 0 Å². The molecular weight excluding hydrogens is 278 g/mol. The van der Waals surface area contributed by atoms with Crippen molar-refractivity contribution >= 4 is 5.91 Å². The first-order chi connectivity index (χ1) is 10.5. The molecular formula is C17H23N3O2. The Hall–Kier alpha value is -2.14. The fraction of sp³-hybridized carbons (Fsp3) is 0.412. The van der Waals surface area contributed by atoms with Crippen LogP contribution in [0, 0.1) is 0 Å². The first-order valence-electron chi connectivity index (χ1n) is 7.60. The molecule has 0 aliphatic carbocycles. The van der Waals surface area contributed by atoms with Crippen molar-refractivity contribution in [2.75, 3.05) is 6.61 Å². The van der Waals surface area contributed by atoms with E-state index in [0.29, 0.717) is 12.1 Å². The van der Waals surface area contributed by atoms with Gasteiger partial charge in [-0.1, -0.05) is 32.0 Å². The van der Waals surface area contributed by atoms with Crippen molar-refractivity contribution in [2.45, 2.75) is 39.2 Å². The average molecular weight is 301 g/mol. The molecule has 2 rings (SSSR count). The van der Waals surface area contributed by atoms with E-state index in [1.54, 1.807) is 0 Å². The van der Waals surface area contributed by atoms with Crippen LogP contribution in [0.5, 0.6) is 0 Å². The summed E-state index contributed by atoms with van der Waals surface area (Å²) >= 11 is 0. The molecule has 2 aromatic rings. The van der Waals surface area contributed by atoms with Crippen molar-refractivity contribution in [3.63, 3.8) is 0 Å². The zero-order valence-corrected chi connectivity index (χ0v) is 13.3. The number of hydrogen-bond acceptors (Lipinski definition) is 3. The molecule has 1 unspecified atom stereocenters. The van der Waals surface area contributed by atoms with Gasteiger partial charge >= 0.3 is 0 Å². The monoisotopic (exact) mass is 301 g/mol. The number of carbonyl (C=O) groups excluding carboxylic acids is 1. The van der Waals surface area contributed by atoms with E-state index in [1.807, 2.05) is 48.0 Å². The van der Waals surface area contributed by atoms with Crippen molar-refractivity contribution < 1.29 is 9.90 Å². The zero-order valence-electron chi connectivity index (χ0n) is 13.3. The maximum atomic E-state index is 12.3. The number of rotatable bonds is 6. The number of aliphatic hydroxyl groups excluding tert-OH is 1. The fourth-order valence-corrected chi connectivity index (χ4v) is 2.26. The molecule has 5 heteroatoms. The highest BCUT2D eigenvalue weighted by Gasteiger charge is 2.18. The number of carbonyl (C=O) groups is 1. The molecule has 118 valence electrons. The number of hydrogen-bond donors (Lipinski definition) is 2. The van der Waals surface area contributed by atoms with Crippen molar-refractivity contribution in [1.29, 1.82) is 0 Å². The second kappa shape index (κ2) is 7.22. The lowest BCUT2D eigenvalue weighted by Crippen LogP contribution is -2.33. The van der Waals surface area contributed by atoms with Gasteiger partial charge in [0.15, 0.2) is 5.69 Å². The quantitative estimate of drug-likeness (QED) is 0.861. The highest BCUT2D eigenvalue weighted by molar-refractivity contribution is 5.92. The average Bonchev–Trinajstić information content (AvgIpc) is 2.94. The third kappa shape index (κ3) is 3.74. The number of para-hydroxylation sites is 1. The summed E-state index contributed by atoms with van der Waals surface area (Å²) < 4.78 is 1.82. The lowest BCUT2D eigenvalue weighted by Gasteiger charge is -2.10. The molecule has 0 radical (unpaired) electrons. The molecule has 0 spiro atoms. The maximum absolute atomic E-state index is 12.3. The van der Waals surface area contributed by atoms with Gasteiger partial charge < -0.3 is 10.4 Å². The van der Waals surface area contributed by atoms with E-state index in [-0.39, 0.29) is 24.5 Å². The van der Waals surface area contributed by atoms with Crippen LogP contribution >= 0.6 is 0 Å². The molecule has 2 N–H and O–H groups in total. The zero-order chi connectivity index (χ0) is 16.1. The number of nitrogens with zero attached hydrogens (tertiary/aromatic N) is 2. The molecule has 0 bridgehead atoms. The normalized spacial score (nSPS) is 12.4. The van der Waals surface area contributed by atoms with Gasteiger partial charge in [-0.05, 0) is 37.5 Å². The van der Waals surface area contributed by atoms with Gasteiger partial charge in [0.25, 0.3) is 5.91 Å². The largest absolute Gasteiger partial charge is 0.396 e. The van der Waals surface area contributed by atoms with Gasteiger partial charge in [-0.25, -0.2) is 4.68 Å². The molecule has 0 aliphatic heterocycles. The topological polar surface area (TPSA) is 67.2 Å². The number of amides is 1. The molecule has 1 aromatic heterocycles. The van der Waals surface area contributed by atoms with Gasteiger partial charge in [-0.15, -0.1) is 0 Å². The Morgan fingerprint density at radius 2 is 1.95 bits per heavy atom. The summed E-state index contributed by atoms with van der Waals surface area (Å²) in [5, 5.41) is 16.2. The fourth-order valence-electron chi connectivity index (χ4n) is 2.26. The van der Waals surface area contributed by atoms with Crippen LogP contribution in [0.25, 0.3) is 5.69 Å². The highest BCUT2D eigenvalue weighted by atomic mass is 16.3. The van der Waals surface area contributed by atoms with E-state index in [0.717, 1.165) is 11.4 Å². The minimum absolute atomic E-state index is 0.0527. The molecule has 1 aromatic carbocycles. The van der Waals surface area contributed by atoms with Crippen molar-refractivity contribution in [2.24, 2.45) is 0 Å². The summed E-state index contributed by atoms with van der Waals surface area (Å²) in [6.07, 6.45) is 0.530. The van der Waals surface area contributed by atoms with Crippen LogP contribution in [0.15, 0.2) is 36.4 Å². The van der Waals surface area contributed by atoms with Crippen LogP contribution in [0.2, 0.25) is 0 Å². The summed E-state index contributed by atoms with van der Waals surface area (Å²) in [5.41, 5.74) is 2.33. The number of aromatic nitrogens is 2. The molecule has 22 heavy (non-hydrogen) atoms. The third-order valence-electron chi connectivity index (χ3n) is 3.50. The van der Waals surface area contributed by atoms with Crippen LogP contribution in [-0.4, -0.2) is 33.4 Å². The van der Waals surface area contributed by atoms with E-state index in [2.05, 4.69) is 24.3 Å². The third-order valence-corrected chi connectivity index (χ3v) is 3.50. The molecule has 0 aliphatic rings. The van der Waals surface area contributed by atoms with Gasteiger partial charge in [-0.2, -0.15) is 5.10 Å². The minimum atomic E-state index is -0.211. The van der Waals surface area contributed by atoms with Gasteiger partial charge in [0, 0.05) is 18.3 Å². The van der Waals surface area contributed by atoms with E-state index in [4.69, 9.17) is 5.11 Å². The van der Waals surface area contributed by atoms with Crippen LogP contribution in [-0.2, 0) is 0 Å². The van der Waals surface area contributed by atoms with Crippen molar-refractivity contribution in [3.05, 3.63) is 47.8 Å². The van der Waals surface area contributed by atoms with Crippen molar-refractivity contribution in [3.8, 4) is 5.69 Å². The number of nitrogens with one attached hydrogen (secondary N) is 1. The standard InChI is InChI=1S/C17H23N3O2/c1-12(2)16-11-15(17(22)18-13(3)9-10-21)19-20(16)14-7-5-4-6-8-14/h4-8,11-13,21H,9-10H2,1-3H3,(H,18,22). The number of aliphatic hydroxyl groups is 1. The molecule has 1 amide bonds. The Kier molecular flexibility index (Phi) is 5.33. The minimum Gasteiger partial charge on any atom is -0.396 e. The first kappa shape index (κ1) is 16.2.